The number of carbonyl (C=O) groups is 3. The molecule has 3 rings (SSSR count). The quantitative estimate of drug-likeness (QED) is 0.299. The van der Waals surface area contributed by atoms with E-state index in [9.17, 15) is 19.5 Å². The highest BCUT2D eigenvalue weighted by Crippen LogP contribution is 2.40. The van der Waals surface area contributed by atoms with Crippen molar-refractivity contribution in [3.63, 3.8) is 0 Å². The first-order chi connectivity index (χ1) is 19.1. The number of hydrogen-bond acceptors (Lipinski definition) is 6. The second kappa shape index (κ2) is 14.8. The molecule has 3 N–H and O–H groups in total. The van der Waals surface area contributed by atoms with Crippen molar-refractivity contribution in [1.29, 1.82) is 0 Å². The average Bonchev–Trinajstić information content (AvgIpc) is 3.26. The zero-order chi connectivity index (χ0) is 29.1. The maximum absolute atomic E-state index is 13.7. The number of aliphatic hydroxyl groups excluding tert-OH is 1. The van der Waals surface area contributed by atoms with E-state index in [1.807, 2.05) is 82.3 Å². The minimum atomic E-state index is -1.59. The standard InChI is InChI=1S/C31H39N3O5S/c1-5-6-7-13-18-39-30(38)33-25(19-23-15-9-8-10-16-23)26(35)29(37)34-21-40-31(3,4)27(34)28(36)32-20-24-17-12-11-14-22(24)2/h8-12,14-17,25-27,35H,5,13,18-21H2,1-4H3,(H,32,36)(H,33,38)/t25-,26-,27+/m0/s1. The first kappa shape index (κ1) is 31.1. The second-order valence-electron chi connectivity index (χ2n) is 10.2. The molecule has 0 spiro atoms. The Balaban J connectivity index is 1.74. The van der Waals surface area contributed by atoms with E-state index in [-0.39, 0.29) is 24.8 Å². The summed E-state index contributed by atoms with van der Waals surface area (Å²) in [6.45, 7) is 8.17. The van der Waals surface area contributed by atoms with Gasteiger partial charge in [0.1, 0.15) is 12.6 Å². The van der Waals surface area contributed by atoms with Crippen LogP contribution in [0.25, 0.3) is 0 Å². The van der Waals surface area contributed by atoms with Gasteiger partial charge in [-0.2, -0.15) is 0 Å². The molecule has 3 amide bonds. The number of nitrogens with one attached hydrogen (secondary N) is 2. The normalized spacial score (nSPS) is 17.2. The molecule has 0 saturated carbocycles. The van der Waals surface area contributed by atoms with E-state index < -0.39 is 34.9 Å². The van der Waals surface area contributed by atoms with Crippen LogP contribution in [0.4, 0.5) is 4.79 Å². The molecule has 1 aliphatic heterocycles. The lowest BCUT2D eigenvalue weighted by Crippen LogP contribution is -2.58. The molecule has 1 aliphatic rings. The summed E-state index contributed by atoms with van der Waals surface area (Å²) >= 11 is 1.47. The van der Waals surface area contributed by atoms with Gasteiger partial charge in [0.2, 0.25) is 5.91 Å². The Morgan fingerprint density at radius 3 is 2.52 bits per heavy atom. The van der Waals surface area contributed by atoms with Crippen LogP contribution in [0.1, 0.15) is 50.3 Å². The molecule has 0 aromatic heterocycles. The average molecular weight is 566 g/mol. The molecule has 0 bridgehead atoms. The fourth-order valence-electron chi connectivity index (χ4n) is 4.55. The van der Waals surface area contributed by atoms with Crippen LogP contribution in [0.15, 0.2) is 54.6 Å². The van der Waals surface area contributed by atoms with Crippen molar-refractivity contribution < 1.29 is 24.2 Å². The Morgan fingerprint density at radius 1 is 1.12 bits per heavy atom. The molecule has 214 valence electrons. The summed E-state index contributed by atoms with van der Waals surface area (Å²) in [5.74, 6) is 5.14. The van der Waals surface area contributed by atoms with Gasteiger partial charge in [0.15, 0.2) is 6.10 Å². The smallest absolute Gasteiger partial charge is 0.407 e. The van der Waals surface area contributed by atoms with Crippen LogP contribution in [0.5, 0.6) is 0 Å². The SMILES string of the molecule is CCC#CCCOC(=O)N[C@@H](Cc1ccccc1)[C@H](O)C(=O)N1CSC(C)(C)[C@H]1C(=O)NCc1ccccc1C. The van der Waals surface area contributed by atoms with Crippen molar-refractivity contribution in [2.24, 2.45) is 0 Å². The summed E-state index contributed by atoms with van der Waals surface area (Å²) in [4.78, 5) is 41.1. The van der Waals surface area contributed by atoms with Crippen molar-refractivity contribution in [3.8, 4) is 11.8 Å². The van der Waals surface area contributed by atoms with Gasteiger partial charge in [-0.05, 0) is 43.9 Å². The number of amides is 3. The number of hydrogen-bond donors (Lipinski definition) is 3. The van der Waals surface area contributed by atoms with E-state index in [0.29, 0.717) is 13.0 Å². The molecule has 0 radical (unpaired) electrons. The van der Waals surface area contributed by atoms with Crippen molar-refractivity contribution in [2.75, 3.05) is 12.5 Å². The van der Waals surface area contributed by atoms with Crippen molar-refractivity contribution in [1.82, 2.24) is 15.5 Å². The number of ether oxygens (including phenoxy) is 1. The van der Waals surface area contributed by atoms with E-state index in [0.717, 1.165) is 23.1 Å². The number of aryl methyl sites for hydroxylation is 1. The first-order valence-corrected chi connectivity index (χ1v) is 14.5. The summed E-state index contributed by atoms with van der Waals surface area (Å²) in [5, 5.41) is 16.9. The van der Waals surface area contributed by atoms with E-state index in [1.165, 1.54) is 16.7 Å². The van der Waals surface area contributed by atoms with Gasteiger partial charge in [0.25, 0.3) is 5.91 Å². The van der Waals surface area contributed by atoms with Gasteiger partial charge in [-0.3, -0.25) is 9.59 Å². The van der Waals surface area contributed by atoms with Gasteiger partial charge < -0.3 is 25.4 Å². The molecular formula is C31H39N3O5S. The van der Waals surface area contributed by atoms with Gasteiger partial charge in [0, 0.05) is 24.1 Å². The number of thioether (sulfide) groups is 1. The Hall–Kier alpha value is -3.48. The summed E-state index contributed by atoms with van der Waals surface area (Å²) in [6, 6.07) is 15.3. The molecule has 8 nitrogen and oxygen atoms in total. The molecule has 2 aromatic rings. The van der Waals surface area contributed by atoms with Gasteiger partial charge >= 0.3 is 6.09 Å². The zero-order valence-corrected chi connectivity index (χ0v) is 24.4. The van der Waals surface area contributed by atoms with E-state index in [1.54, 1.807) is 0 Å². The number of alkyl carbamates (subject to hydrolysis) is 1. The van der Waals surface area contributed by atoms with Crippen LogP contribution in [-0.2, 0) is 27.3 Å². The molecule has 1 fully saturated rings. The van der Waals surface area contributed by atoms with Crippen molar-refractivity contribution in [2.45, 2.75) is 76.4 Å². The number of rotatable bonds is 10. The Bertz CT molecular complexity index is 1220. The highest BCUT2D eigenvalue weighted by atomic mass is 32.2. The van der Waals surface area contributed by atoms with Crippen molar-refractivity contribution >= 4 is 29.7 Å². The third-order valence-electron chi connectivity index (χ3n) is 6.79. The fourth-order valence-corrected chi connectivity index (χ4v) is 5.69. The Morgan fingerprint density at radius 2 is 1.82 bits per heavy atom. The summed E-state index contributed by atoms with van der Waals surface area (Å²) in [7, 11) is 0. The highest BCUT2D eigenvalue weighted by molar-refractivity contribution is 8.00. The van der Waals surface area contributed by atoms with Gasteiger partial charge in [-0.25, -0.2) is 4.79 Å². The summed E-state index contributed by atoms with van der Waals surface area (Å²) < 4.78 is 4.65. The van der Waals surface area contributed by atoms with Gasteiger partial charge in [-0.15, -0.1) is 17.7 Å². The second-order valence-corrected chi connectivity index (χ2v) is 11.8. The van der Waals surface area contributed by atoms with Crippen LogP contribution >= 0.6 is 11.8 Å². The van der Waals surface area contributed by atoms with Crippen LogP contribution < -0.4 is 10.6 Å². The van der Waals surface area contributed by atoms with Crippen LogP contribution in [0.2, 0.25) is 0 Å². The molecule has 9 heteroatoms. The third-order valence-corrected chi connectivity index (χ3v) is 8.16. The summed E-state index contributed by atoms with van der Waals surface area (Å²) in [5.41, 5.74) is 2.88. The van der Waals surface area contributed by atoms with E-state index in [2.05, 4.69) is 22.5 Å². The molecule has 3 atom stereocenters. The Kier molecular flexibility index (Phi) is 11.5. The molecule has 0 aliphatic carbocycles. The third kappa shape index (κ3) is 8.51. The lowest BCUT2D eigenvalue weighted by molar-refractivity contribution is -0.147. The monoisotopic (exact) mass is 565 g/mol. The largest absolute Gasteiger partial charge is 0.449 e. The molecule has 1 heterocycles. The van der Waals surface area contributed by atoms with E-state index in [4.69, 9.17) is 4.74 Å². The fraction of sp³-hybridized carbons (Fsp3) is 0.452. The van der Waals surface area contributed by atoms with Gasteiger partial charge in [-0.1, -0.05) is 67.4 Å². The van der Waals surface area contributed by atoms with Crippen LogP contribution in [0, 0.1) is 18.8 Å². The van der Waals surface area contributed by atoms with Crippen LogP contribution in [0.3, 0.4) is 0 Å². The predicted molar refractivity (Wildman–Crippen MR) is 157 cm³/mol. The summed E-state index contributed by atoms with van der Waals surface area (Å²) in [6.07, 6.45) is -1.02. The Labute approximate surface area is 241 Å². The highest BCUT2D eigenvalue weighted by Gasteiger charge is 2.49. The van der Waals surface area contributed by atoms with Crippen LogP contribution in [-0.4, -0.2) is 63.3 Å². The molecule has 2 aromatic carbocycles. The lowest BCUT2D eigenvalue weighted by Gasteiger charge is -2.33. The van der Waals surface area contributed by atoms with Gasteiger partial charge in [0.05, 0.1) is 11.9 Å². The molecule has 1 saturated heterocycles. The number of nitrogens with zero attached hydrogens (tertiary/aromatic N) is 1. The number of aliphatic hydroxyl groups is 1. The topological polar surface area (TPSA) is 108 Å². The van der Waals surface area contributed by atoms with E-state index >= 15 is 0 Å². The minimum absolute atomic E-state index is 0.0982. The molecular weight excluding hydrogens is 526 g/mol. The number of carbonyl (C=O) groups excluding carboxylic acids is 3. The maximum Gasteiger partial charge on any atom is 0.407 e. The maximum atomic E-state index is 13.7. The lowest BCUT2D eigenvalue weighted by atomic mass is 9.97. The molecule has 40 heavy (non-hydrogen) atoms. The minimum Gasteiger partial charge on any atom is -0.449 e. The molecule has 0 unspecified atom stereocenters. The van der Waals surface area contributed by atoms with Crippen molar-refractivity contribution in [3.05, 3.63) is 71.3 Å². The predicted octanol–water partition coefficient (Wildman–Crippen LogP) is 3.79. The zero-order valence-electron chi connectivity index (χ0n) is 23.6. The number of benzene rings is 2. The first-order valence-electron chi connectivity index (χ1n) is 13.5.